The van der Waals surface area contributed by atoms with E-state index in [1.165, 1.54) is 13.8 Å². The van der Waals surface area contributed by atoms with Crippen molar-refractivity contribution in [2.45, 2.75) is 111 Å². The molecule has 0 spiro atoms. The minimum Gasteiger partial charge on any atom is -0.462 e. The van der Waals surface area contributed by atoms with Crippen molar-refractivity contribution in [3.05, 3.63) is 71.3 Å². The summed E-state index contributed by atoms with van der Waals surface area (Å²) in [6.45, 7) is 18.9. The Labute approximate surface area is 289 Å². The van der Waals surface area contributed by atoms with E-state index in [-0.39, 0.29) is 36.4 Å². The summed E-state index contributed by atoms with van der Waals surface area (Å²) >= 11 is 0. The Bertz CT molecular complexity index is 1480. The molecule has 2 atom stereocenters. The molecule has 2 aromatic rings. The van der Waals surface area contributed by atoms with Gasteiger partial charge in [0.25, 0.3) is 0 Å². The van der Waals surface area contributed by atoms with Crippen molar-refractivity contribution < 1.29 is 41.4 Å². The van der Waals surface area contributed by atoms with Gasteiger partial charge in [0.1, 0.15) is 13.2 Å². The first-order chi connectivity index (χ1) is 22.1. The van der Waals surface area contributed by atoms with E-state index in [1.54, 1.807) is 18.2 Å². The Hall–Kier alpha value is -3.02. The number of benzene rings is 2. The highest BCUT2D eigenvalue weighted by atomic mass is 32.2. The fraction of sp³-hybridized carbons (Fsp3) is 0.595. The van der Waals surface area contributed by atoms with Gasteiger partial charge in [0, 0.05) is 20.5 Å². The van der Waals surface area contributed by atoms with Crippen molar-refractivity contribution in [2.24, 2.45) is 5.41 Å². The average Bonchev–Trinajstić information content (AvgIpc) is 2.96. The van der Waals surface area contributed by atoms with Crippen LogP contribution < -0.4 is 0 Å². The second-order valence-corrected chi connectivity index (χ2v) is 22.1. The molecule has 9 nitrogen and oxygen atoms in total. The highest BCUT2D eigenvalue weighted by Crippen LogP contribution is 2.38. The molecule has 2 aromatic carbocycles. The highest BCUT2D eigenvalue weighted by molar-refractivity contribution is 7.91. The van der Waals surface area contributed by atoms with E-state index < -0.39 is 53.0 Å². The van der Waals surface area contributed by atoms with E-state index in [2.05, 4.69) is 33.9 Å². The standard InChI is InChI=1S/C37H56O9SSi/c1-28(38)43-26-33(46-29(2)39)31-18-14-19-32(24-31)37(8,34(40)44-25-30-16-12-11-13-17-30)21-15-20-36(6,7)27-47(41,42)23-22-45-48(9,10)35(3,4)5/h11-14,16-19,24,33H,15,20-23,25-27H2,1-10H3/t33-,37-/m1/s1. The Kier molecular flexibility index (Phi) is 14.6. The van der Waals surface area contributed by atoms with Gasteiger partial charge < -0.3 is 18.6 Å². The zero-order valence-corrected chi connectivity index (χ0v) is 32.3. The molecule has 0 aromatic heterocycles. The molecule has 0 bridgehead atoms. The normalized spacial score (nSPS) is 14.5. The van der Waals surface area contributed by atoms with Crippen LogP contribution in [0.1, 0.15) is 97.4 Å². The quantitative estimate of drug-likeness (QED) is 0.0883. The van der Waals surface area contributed by atoms with Crippen LogP contribution in [0.15, 0.2) is 54.6 Å². The van der Waals surface area contributed by atoms with Gasteiger partial charge in [-0.2, -0.15) is 0 Å². The first-order valence-corrected chi connectivity index (χ1v) is 21.3. The molecule has 0 heterocycles. The SMILES string of the molecule is CC(=O)OC[C@@H](OC(C)=O)c1cccc([C@@](C)(CCCC(C)(C)CS(=O)(=O)CCO[Si](C)(C)C(C)(C)C)C(=O)OCc2ccccc2)c1. The van der Waals surface area contributed by atoms with Crippen LogP contribution in [0, 0.1) is 5.41 Å². The molecule has 0 aliphatic carbocycles. The smallest absolute Gasteiger partial charge is 0.316 e. The lowest BCUT2D eigenvalue weighted by Crippen LogP contribution is -2.42. The fourth-order valence-electron chi connectivity index (χ4n) is 5.22. The lowest BCUT2D eigenvalue weighted by molar-refractivity contribution is -0.156. The minimum absolute atomic E-state index is 0.00568. The van der Waals surface area contributed by atoms with Gasteiger partial charge in [-0.1, -0.05) is 95.6 Å². The van der Waals surface area contributed by atoms with Crippen LogP contribution in [0.4, 0.5) is 0 Å². The summed E-state index contributed by atoms with van der Waals surface area (Å²) < 4.78 is 48.9. The van der Waals surface area contributed by atoms with Crippen LogP contribution >= 0.6 is 0 Å². The van der Waals surface area contributed by atoms with Crippen LogP contribution in [-0.4, -0.2) is 59.4 Å². The summed E-state index contributed by atoms with van der Waals surface area (Å²) in [5, 5.41) is -0.00582. The maximum Gasteiger partial charge on any atom is 0.316 e. The van der Waals surface area contributed by atoms with Gasteiger partial charge in [0.15, 0.2) is 24.3 Å². The summed E-state index contributed by atoms with van der Waals surface area (Å²) in [6, 6.07) is 16.5. The molecule has 0 unspecified atom stereocenters. The summed E-state index contributed by atoms with van der Waals surface area (Å²) in [6.07, 6.45) is 0.620. The third-order valence-corrected chi connectivity index (χ3v) is 15.7. The van der Waals surface area contributed by atoms with Crippen molar-refractivity contribution in [1.29, 1.82) is 0 Å². The Morgan fingerprint density at radius 3 is 2.06 bits per heavy atom. The van der Waals surface area contributed by atoms with Gasteiger partial charge >= 0.3 is 17.9 Å². The number of rotatable bonds is 18. The Morgan fingerprint density at radius 1 is 0.833 bits per heavy atom. The number of sulfone groups is 1. The summed E-state index contributed by atoms with van der Waals surface area (Å²) in [5.74, 6) is -1.50. The van der Waals surface area contributed by atoms with Gasteiger partial charge in [0.2, 0.25) is 0 Å². The van der Waals surface area contributed by atoms with E-state index >= 15 is 0 Å². The predicted molar refractivity (Wildman–Crippen MR) is 191 cm³/mol. The Morgan fingerprint density at radius 2 is 1.48 bits per heavy atom. The second-order valence-electron chi connectivity index (χ2n) is 15.1. The molecule has 11 heteroatoms. The molecular formula is C37H56O9SSi. The molecule has 0 fully saturated rings. The molecule has 0 aliphatic rings. The number of carbonyl (C=O) groups excluding carboxylic acids is 3. The van der Waals surface area contributed by atoms with Crippen molar-refractivity contribution in [3.8, 4) is 0 Å². The van der Waals surface area contributed by atoms with Crippen molar-refractivity contribution in [1.82, 2.24) is 0 Å². The summed E-state index contributed by atoms with van der Waals surface area (Å²) in [5.41, 5.74) is 0.404. The first kappa shape index (κ1) is 41.1. The van der Waals surface area contributed by atoms with E-state index in [1.807, 2.05) is 57.2 Å². The van der Waals surface area contributed by atoms with E-state index in [4.69, 9.17) is 18.6 Å². The lowest BCUT2D eigenvalue weighted by atomic mass is 9.75. The third kappa shape index (κ3) is 13.1. The highest BCUT2D eigenvalue weighted by Gasteiger charge is 2.39. The molecule has 0 amide bonds. The van der Waals surface area contributed by atoms with E-state index in [0.717, 1.165) is 5.56 Å². The van der Waals surface area contributed by atoms with E-state index in [9.17, 15) is 22.8 Å². The number of hydrogen-bond donors (Lipinski definition) is 0. The van der Waals surface area contributed by atoms with Crippen molar-refractivity contribution in [2.75, 3.05) is 24.7 Å². The van der Waals surface area contributed by atoms with Gasteiger partial charge in [-0.05, 0) is 60.0 Å². The third-order valence-electron chi connectivity index (χ3n) is 9.11. The predicted octanol–water partition coefficient (Wildman–Crippen LogP) is 7.49. The molecule has 2 rings (SSSR count). The van der Waals surface area contributed by atoms with Gasteiger partial charge in [-0.15, -0.1) is 0 Å². The zero-order valence-electron chi connectivity index (χ0n) is 30.5. The van der Waals surface area contributed by atoms with Gasteiger partial charge in [0.05, 0.1) is 16.9 Å². The maximum absolute atomic E-state index is 13.9. The lowest BCUT2D eigenvalue weighted by Gasteiger charge is -2.36. The Balaban J connectivity index is 2.27. The zero-order chi connectivity index (χ0) is 36.4. The van der Waals surface area contributed by atoms with Crippen molar-refractivity contribution in [3.63, 3.8) is 0 Å². The van der Waals surface area contributed by atoms with Crippen LogP contribution in [0.2, 0.25) is 18.1 Å². The molecule has 0 radical (unpaired) electrons. The van der Waals surface area contributed by atoms with Crippen LogP contribution in [0.3, 0.4) is 0 Å². The average molecular weight is 705 g/mol. The first-order valence-electron chi connectivity index (χ1n) is 16.5. The topological polar surface area (TPSA) is 122 Å². The van der Waals surface area contributed by atoms with Crippen molar-refractivity contribution >= 4 is 36.1 Å². The molecule has 0 N–H and O–H groups in total. The largest absolute Gasteiger partial charge is 0.462 e. The number of ether oxygens (including phenoxy) is 3. The van der Waals surface area contributed by atoms with Crippen LogP contribution in [-0.2, 0) is 54.9 Å². The van der Waals surface area contributed by atoms with Crippen LogP contribution in [0.5, 0.6) is 0 Å². The second kappa shape index (κ2) is 17.1. The summed E-state index contributed by atoms with van der Waals surface area (Å²) in [7, 11) is -5.45. The molecule has 48 heavy (non-hydrogen) atoms. The number of carbonyl (C=O) groups is 3. The molecule has 0 aliphatic heterocycles. The molecule has 0 saturated carbocycles. The molecular weight excluding hydrogens is 649 g/mol. The van der Waals surface area contributed by atoms with Gasteiger partial charge in [-0.25, -0.2) is 8.42 Å². The van der Waals surface area contributed by atoms with Crippen LogP contribution in [0.25, 0.3) is 0 Å². The van der Waals surface area contributed by atoms with Gasteiger partial charge in [-0.3, -0.25) is 14.4 Å². The van der Waals surface area contributed by atoms with E-state index in [0.29, 0.717) is 30.4 Å². The molecule has 0 saturated heterocycles. The summed E-state index contributed by atoms with van der Waals surface area (Å²) in [4.78, 5) is 37.3. The maximum atomic E-state index is 13.9. The number of esters is 3. The monoisotopic (exact) mass is 704 g/mol. The number of hydrogen-bond acceptors (Lipinski definition) is 9. The minimum atomic E-state index is -3.39. The fourth-order valence-corrected chi connectivity index (χ4v) is 8.23. The molecule has 268 valence electrons.